The number of allylic oxidation sites excluding steroid dienone is 10. The third-order valence-corrected chi connectivity index (χ3v) is 13.4. The van der Waals surface area contributed by atoms with Crippen LogP contribution in [0.2, 0.25) is 0 Å². The molecule has 1 amide bonds. The first-order chi connectivity index (χ1) is 33.5. The lowest BCUT2D eigenvalue weighted by Gasteiger charge is -2.24. The molecule has 0 aromatic rings. The predicted molar refractivity (Wildman–Crippen MR) is 296 cm³/mol. The second kappa shape index (κ2) is 55.5. The minimum absolute atomic E-state index is 0.0648. The van der Waals surface area contributed by atoms with E-state index < -0.39 is 18.2 Å². The third kappa shape index (κ3) is 50.0. The van der Waals surface area contributed by atoms with E-state index in [0.717, 1.165) is 83.5 Å². The molecule has 3 N–H and O–H groups in total. The highest BCUT2D eigenvalue weighted by molar-refractivity contribution is 5.77. The van der Waals surface area contributed by atoms with Crippen LogP contribution in [-0.2, 0) is 14.3 Å². The van der Waals surface area contributed by atoms with Crippen molar-refractivity contribution in [2.45, 2.75) is 315 Å². The summed E-state index contributed by atoms with van der Waals surface area (Å²) in [6.07, 6.45) is 69.9. The lowest BCUT2D eigenvalue weighted by molar-refractivity contribution is -0.151. The fourth-order valence-corrected chi connectivity index (χ4v) is 8.91. The molecule has 396 valence electrons. The third-order valence-electron chi connectivity index (χ3n) is 13.4. The summed E-state index contributed by atoms with van der Waals surface area (Å²) in [6, 6.07) is -0.710. The maximum absolute atomic E-state index is 13.3. The Kier molecular flexibility index (Phi) is 53.5. The minimum Gasteiger partial charge on any atom is -0.462 e. The van der Waals surface area contributed by atoms with Crippen LogP contribution in [-0.4, -0.2) is 46.9 Å². The van der Waals surface area contributed by atoms with Crippen molar-refractivity contribution >= 4 is 11.9 Å². The molecule has 0 rings (SSSR count). The number of hydrogen-bond acceptors (Lipinski definition) is 5. The van der Waals surface area contributed by atoms with Crippen LogP contribution in [0.1, 0.15) is 297 Å². The number of nitrogens with one attached hydrogen (secondary N) is 1. The van der Waals surface area contributed by atoms with Gasteiger partial charge < -0.3 is 20.3 Å². The van der Waals surface area contributed by atoms with Crippen LogP contribution in [0.25, 0.3) is 0 Å². The molecule has 0 fully saturated rings. The van der Waals surface area contributed by atoms with Gasteiger partial charge in [0.15, 0.2) is 0 Å². The molecule has 68 heavy (non-hydrogen) atoms. The Hall–Kier alpha value is -2.44. The molecule has 0 heterocycles. The number of rotatable bonds is 53. The molecule has 0 bridgehead atoms. The normalized spacial score (nSPS) is 13.5. The van der Waals surface area contributed by atoms with Crippen LogP contribution >= 0.6 is 0 Å². The van der Waals surface area contributed by atoms with Crippen molar-refractivity contribution in [3.05, 3.63) is 60.8 Å². The van der Waals surface area contributed by atoms with Crippen molar-refractivity contribution in [1.82, 2.24) is 5.32 Å². The molecular weight excluding hydrogens is 839 g/mol. The maximum atomic E-state index is 13.3. The van der Waals surface area contributed by atoms with Gasteiger partial charge in [-0.05, 0) is 77.0 Å². The van der Waals surface area contributed by atoms with Crippen LogP contribution in [0, 0.1) is 0 Å². The first-order valence-electron chi connectivity index (χ1n) is 29.6. The summed E-state index contributed by atoms with van der Waals surface area (Å²) in [5.41, 5.74) is 0. The van der Waals surface area contributed by atoms with Gasteiger partial charge in [-0.1, -0.05) is 268 Å². The molecule has 0 spiro atoms. The number of carbonyl (C=O) groups is 2. The smallest absolute Gasteiger partial charge is 0.306 e. The number of aliphatic hydroxyl groups excluding tert-OH is 2. The molecule has 0 saturated heterocycles. The van der Waals surface area contributed by atoms with Crippen LogP contribution in [0.3, 0.4) is 0 Å². The van der Waals surface area contributed by atoms with Gasteiger partial charge in [-0.25, -0.2) is 0 Å². The monoisotopic (exact) mass is 952 g/mol. The van der Waals surface area contributed by atoms with Gasteiger partial charge in [0, 0.05) is 6.42 Å². The fourth-order valence-electron chi connectivity index (χ4n) is 8.91. The highest BCUT2D eigenvalue weighted by Gasteiger charge is 2.24. The Bertz CT molecular complexity index is 1210. The minimum atomic E-state index is -0.795. The largest absolute Gasteiger partial charge is 0.462 e. The van der Waals surface area contributed by atoms with Gasteiger partial charge in [0.25, 0.3) is 0 Å². The van der Waals surface area contributed by atoms with E-state index in [1.807, 2.05) is 0 Å². The second-order valence-electron chi connectivity index (χ2n) is 20.1. The Morgan fingerprint density at radius 2 is 0.765 bits per heavy atom. The zero-order chi connectivity index (χ0) is 49.5. The van der Waals surface area contributed by atoms with Crippen LogP contribution < -0.4 is 5.32 Å². The zero-order valence-corrected chi connectivity index (χ0v) is 45.2. The van der Waals surface area contributed by atoms with Gasteiger partial charge in [0.1, 0.15) is 6.10 Å². The van der Waals surface area contributed by atoms with E-state index >= 15 is 0 Å². The Labute approximate surface area is 422 Å². The molecule has 3 unspecified atom stereocenters. The molecule has 0 radical (unpaired) electrons. The first kappa shape index (κ1) is 65.6. The molecule has 6 nitrogen and oxygen atoms in total. The van der Waals surface area contributed by atoms with Crippen LogP contribution in [0.15, 0.2) is 60.8 Å². The number of carbonyl (C=O) groups excluding carboxylic acids is 2. The highest BCUT2D eigenvalue weighted by atomic mass is 16.5. The topological polar surface area (TPSA) is 95.9 Å². The summed E-state index contributed by atoms with van der Waals surface area (Å²) in [6.45, 7) is 6.46. The average molecular weight is 953 g/mol. The van der Waals surface area contributed by atoms with E-state index in [9.17, 15) is 19.8 Å². The Morgan fingerprint density at radius 3 is 1.21 bits per heavy atom. The predicted octanol–water partition coefficient (Wildman–Crippen LogP) is 18.4. The molecule has 0 aliphatic rings. The van der Waals surface area contributed by atoms with Gasteiger partial charge in [-0.15, -0.1) is 0 Å². The van der Waals surface area contributed by atoms with Crippen molar-refractivity contribution in [3.63, 3.8) is 0 Å². The summed E-state index contributed by atoms with van der Waals surface area (Å²) < 4.78 is 5.96. The second-order valence-corrected chi connectivity index (χ2v) is 20.1. The highest BCUT2D eigenvalue weighted by Crippen LogP contribution is 2.18. The lowest BCUT2D eigenvalue weighted by atomic mass is 10.0. The SMILES string of the molecule is CCCCC/C=C/C=C/C=C/C=C/CCCCCCCC(=O)OC(CCCCCCCCC/C=C/CCCCCCCC)CC(=O)NC(CO)C(O)CCCCCCCCCCCCCCCC. The van der Waals surface area contributed by atoms with Crippen molar-refractivity contribution in [2.24, 2.45) is 0 Å². The van der Waals surface area contributed by atoms with E-state index in [2.05, 4.69) is 86.8 Å². The van der Waals surface area contributed by atoms with Crippen LogP contribution in [0.4, 0.5) is 0 Å². The number of hydrogen-bond donors (Lipinski definition) is 3. The number of amides is 1. The van der Waals surface area contributed by atoms with Gasteiger partial charge in [0.2, 0.25) is 5.91 Å². The summed E-state index contributed by atoms with van der Waals surface area (Å²) >= 11 is 0. The van der Waals surface area contributed by atoms with Crippen molar-refractivity contribution in [3.8, 4) is 0 Å². The molecular formula is C62H113NO5. The van der Waals surface area contributed by atoms with E-state index in [4.69, 9.17) is 4.74 Å². The van der Waals surface area contributed by atoms with E-state index in [0.29, 0.717) is 19.3 Å². The zero-order valence-electron chi connectivity index (χ0n) is 45.2. The quantitative estimate of drug-likeness (QED) is 0.0244. The van der Waals surface area contributed by atoms with Crippen molar-refractivity contribution in [1.29, 1.82) is 0 Å². The van der Waals surface area contributed by atoms with Gasteiger partial charge >= 0.3 is 5.97 Å². The van der Waals surface area contributed by atoms with E-state index in [1.165, 1.54) is 167 Å². The Morgan fingerprint density at radius 1 is 0.426 bits per heavy atom. The molecule has 0 aromatic heterocycles. The van der Waals surface area contributed by atoms with Gasteiger partial charge in [0.05, 0.1) is 25.2 Å². The Balaban J connectivity index is 4.62. The number of aliphatic hydroxyl groups is 2. The van der Waals surface area contributed by atoms with E-state index in [1.54, 1.807) is 0 Å². The number of ether oxygens (including phenoxy) is 1. The van der Waals surface area contributed by atoms with Crippen molar-refractivity contribution < 1.29 is 24.5 Å². The average Bonchev–Trinajstić information content (AvgIpc) is 3.33. The molecule has 3 atom stereocenters. The summed E-state index contributed by atoms with van der Waals surface area (Å²) in [7, 11) is 0. The molecule has 6 heteroatoms. The lowest BCUT2D eigenvalue weighted by Crippen LogP contribution is -2.46. The molecule has 0 saturated carbocycles. The number of unbranched alkanes of at least 4 members (excludes halogenated alkanes) is 34. The molecule has 0 aromatic carbocycles. The van der Waals surface area contributed by atoms with Gasteiger partial charge in [-0.3, -0.25) is 9.59 Å². The van der Waals surface area contributed by atoms with E-state index in [-0.39, 0.29) is 24.9 Å². The summed E-state index contributed by atoms with van der Waals surface area (Å²) in [5, 5.41) is 23.9. The first-order valence-corrected chi connectivity index (χ1v) is 29.6. The standard InChI is InChI=1S/C62H113NO5/c1-4-7-10-13-16-19-22-25-28-30-32-34-37-40-43-46-49-52-55-62(67)68-58(53-50-47-44-41-38-35-33-31-29-26-23-20-17-14-11-8-5-2)56-61(66)63-59(57-64)60(65)54-51-48-45-42-39-36-27-24-21-18-15-12-9-6-3/h16,19,22,25-26,28-30,32,34,58-60,64-65H,4-15,17-18,20-21,23-24,27,31,33,35-57H2,1-3H3,(H,63,66)/b19-16+,25-22+,29-26+,30-28+,34-32+. The number of esters is 1. The summed E-state index contributed by atoms with van der Waals surface area (Å²) in [4.78, 5) is 26.3. The maximum Gasteiger partial charge on any atom is 0.306 e. The van der Waals surface area contributed by atoms with Gasteiger partial charge in [-0.2, -0.15) is 0 Å². The van der Waals surface area contributed by atoms with Crippen molar-refractivity contribution in [2.75, 3.05) is 6.61 Å². The van der Waals surface area contributed by atoms with Crippen LogP contribution in [0.5, 0.6) is 0 Å². The summed E-state index contributed by atoms with van der Waals surface area (Å²) in [5.74, 6) is -0.495. The molecule has 0 aliphatic carbocycles. The molecule has 0 aliphatic heterocycles. The fraction of sp³-hybridized carbons (Fsp3) is 0.806.